The first-order chi connectivity index (χ1) is 11.0. The van der Waals surface area contributed by atoms with Gasteiger partial charge in [0, 0.05) is 19.6 Å². The molecule has 0 saturated heterocycles. The fourth-order valence-corrected chi connectivity index (χ4v) is 2.43. The van der Waals surface area contributed by atoms with Gasteiger partial charge in [-0.15, -0.1) is 0 Å². The molecule has 1 aromatic rings. The van der Waals surface area contributed by atoms with Gasteiger partial charge in [0.1, 0.15) is 5.75 Å². The highest BCUT2D eigenvalue weighted by Crippen LogP contribution is 2.17. The van der Waals surface area contributed by atoms with Gasteiger partial charge >= 0.3 is 0 Å². The fourth-order valence-electron chi connectivity index (χ4n) is 1.97. The highest BCUT2D eigenvalue weighted by Gasteiger charge is 2.03. The number of para-hydroxylation sites is 1. The Hall–Kier alpha value is -1.80. The van der Waals surface area contributed by atoms with Crippen LogP contribution in [0.1, 0.15) is 12.5 Å². The molecule has 1 aromatic carbocycles. The van der Waals surface area contributed by atoms with E-state index in [0.29, 0.717) is 19.0 Å². The minimum Gasteiger partial charge on any atom is -0.496 e. The lowest BCUT2D eigenvalue weighted by Gasteiger charge is -2.12. The molecule has 0 aromatic heterocycles. The molecule has 0 atom stereocenters. The molecule has 0 unspecified atom stereocenters. The van der Waals surface area contributed by atoms with Crippen LogP contribution in [-0.2, 0) is 16.4 Å². The van der Waals surface area contributed by atoms with Gasteiger partial charge in [-0.3, -0.25) is 4.99 Å². The van der Waals surface area contributed by atoms with E-state index >= 15 is 0 Å². The lowest BCUT2D eigenvalue weighted by atomic mass is 10.1. The van der Waals surface area contributed by atoms with Crippen LogP contribution in [-0.4, -0.2) is 53.9 Å². The van der Waals surface area contributed by atoms with E-state index in [2.05, 4.69) is 20.3 Å². The molecule has 8 heteroatoms. The van der Waals surface area contributed by atoms with Crippen molar-refractivity contribution in [3.8, 4) is 5.75 Å². The van der Waals surface area contributed by atoms with E-state index in [4.69, 9.17) is 4.74 Å². The molecule has 3 N–H and O–H groups in total. The van der Waals surface area contributed by atoms with Gasteiger partial charge in [-0.2, -0.15) is 0 Å². The molecule has 0 amide bonds. The Kier molecular flexibility index (Phi) is 8.42. The van der Waals surface area contributed by atoms with E-state index in [1.54, 1.807) is 7.11 Å². The summed E-state index contributed by atoms with van der Waals surface area (Å²) in [5.74, 6) is 1.53. The third kappa shape index (κ3) is 8.41. The van der Waals surface area contributed by atoms with Gasteiger partial charge in [0.2, 0.25) is 10.0 Å². The number of sulfonamides is 1. The molecular weight excluding hydrogens is 316 g/mol. The van der Waals surface area contributed by atoms with Crippen molar-refractivity contribution in [2.24, 2.45) is 4.99 Å². The molecule has 1 rings (SSSR count). The summed E-state index contributed by atoms with van der Waals surface area (Å²) in [6, 6.07) is 7.89. The number of nitrogens with one attached hydrogen (secondary N) is 3. The van der Waals surface area contributed by atoms with Crippen molar-refractivity contribution in [2.75, 3.05) is 39.5 Å². The highest BCUT2D eigenvalue weighted by molar-refractivity contribution is 7.88. The molecule has 0 radical (unpaired) electrons. The molecule has 0 aliphatic rings. The lowest BCUT2D eigenvalue weighted by molar-refractivity contribution is 0.409. The molecule has 0 bridgehead atoms. The molecule has 0 aliphatic carbocycles. The van der Waals surface area contributed by atoms with Gasteiger partial charge < -0.3 is 15.4 Å². The summed E-state index contributed by atoms with van der Waals surface area (Å²) in [4.78, 5) is 4.33. The van der Waals surface area contributed by atoms with Crippen LogP contribution in [0, 0.1) is 0 Å². The quantitative estimate of drug-likeness (QED) is 0.342. The summed E-state index contributed by atoms with van der Waals surface area (Å²) in [5.41, 5.74) is 1.12. The second-order valence-electron chi connectivity index (χ2n) is 4.92. The Bertz CT molecular complexity index is 602. The molecule has 0 fully saturated rings. The van der Waals surface area contributed by atoms with Gasteiger partial charge in [0.15, 0.2) is 5.96 Å². The van der Waals surface area contributed by atoms with Crippen molar-refractivity contribution in [1.82, 2.24) is 15.4 Å². The maximum Gasteiger partial charge on any atom is 0.208 e. The normalized spacial score (nSPS) is 12.0. The Balaban J connectivity index is 2.46. The number of hydrogen-bond donors (Lipinski definition) is 3. The summed E-state index contributed by atoms with van der Waals surface area (Å²) in [7, 11) is -1.51. The van der Waals surface area contributed by atoms with Crippen molar-refractivity contribution in [3.63, 3.8) is 0 Å². The maximum atomic E-state index is 11.0. The summed E-state index contributed by atoms with van der Waals surface area (Å²) in [6.07, 6.45) is 1.93. The zero-order chi connectivity index (χ0) is 17.1. The monoisotopic (exact) mass is 342 g/mol. The van der Waals surface area contributed by atoms with Crippen molar-refractivity contribution >= 4 is 16.0 Å². The molecule has 0 saturated carbocycles. The lowest BCUT2D eigenvalue weighted by Crippen LogP contribution is -2.39. The molecule has 0 spiro atoms. The number of ether oxygens (including phenoxy) is 1. The minimum atomic E-state index is -3.17. The number of methoxy groups -OCH3 is 1. The number of hydrogen-bond acceptors (Lipinski definition) is 4. The standard InChI is InChI=1S/C15H26N4O3S/c1-4-16-15(18-11-12-19-23(3,20)21)17-10-9-13-7-5-6-8-14(13)22-2/h5-8,19H,4,9-12H2,1-3H3,(H2,16,17,18). The predicted molar refractivity (Wildman–Crippen MR) is 93.5 cm³/mol. The molecule has 7 nitrogen and oxygen atoms in total. The third-order valence-corrected chi connectivity index (χ3v) is 3.70. The number of guanidine groups is 1. The first-order valence-corrected chi connectivity index (χ1v) is 9.44. The summed E-state index contributed by atoms with van der Waals surface area (Å²) in [6.45, 7) is 4.07. The smallest absolute Gasteiger partial charge is 0.208 e. The Labute approximate surface area is 138 Å². The zero-order valence-electron chi connectivity index (χ0n) is 13.9. The average molecular weight is 342 g/mol. The van der Waals surface area contributed by atoms with Gasteiger partial charge in [-0.25, -0.2) is 13.1 Å². The van der Waals surface area contributed by atoms with E-state index in [-0.39, 0.29) is 6.54 Å². The highest BCUT2D eigenvalue weighted by atomic mass is 32.2. The summed E-state index contributed by atoms with van der Waals surface area (Å²) in [5, 5.41) is 6.35. The molecule has 0 heterocycles. The maximum absolute atomic E-state index is 11.0. The van der Waals surface area contributed by atoms with Crippen LogP contribution in [0.2, 0.25) is 0 Å². The van der Waals surface area contributed by atoms with E-state index < -0.39 is 10.0 Å². The number of nitrogens with zero attached hydrogens (tertiary/aromatic N) is 1. The van der Waals surface area contributed by atoms with Crippen LogP contribution in [0.4, 0.5) is 0 Å². The van der Waals surface area contributed by atoms with Crippen LogP contribution in [0.15, 0.2) is 29.3 Å². The zero-order valence-corrected chi connectivity index (χ0v) is 14.7. The Morgan fingerprint density at radius 2 is 1.96 bits per heavy atom. The van der Waals surface area contributed by atoms with E-state index in [0.717, 1.165) is 30.5 Å². The average Bonchev–Trinajstić information content (AvgIpc) is 2.51. The van der Waals surface area contributed by atoms with Crippen molar-refractivity contribution in [2.45, 2.75) is 13.3 Å². The van der Waals surface area contributed by atoms with Gasteiger partial charge in [0.05, 0.1) is 19.9 Å². The second kappa shape index (κ2) is 10.1. The van der Waals surface area contributed by atoms with Crippen molar-refractivity contribution in [3.05, 3.63) is 29.8 Å². The topological polar surface area (TPSA) is 91.8 Å². The number of aliphatic imine (C=N–C) groups is 1. The number of rotatable bonds is 9. The fraction of sp³-hybridized carbons (Fsp3) is 0.533. The first-order valence-electron chi connectivity index (χ1n) is 7.55. The van der Waals surface area contributed by atoms with Crippen LogP contribution in [0.3, 0.4) is 0 Å². The Morgan fingerprint density at radius 3 is 2.61 bits per heavy atom. The Morgan fingerprint density at radius 1 is 1.22 bits per heavy atom. The SMILES string of the molecule is CCNC(=NCCNS(C)(=O)=O)NCCc1ccccc1OC. The first kappa shape index (κ1) is 19.2. The van der Waals surface area contributed by atoms with E-state index in [1.807, 2.05) is 31.2 Å². The molecule has 0 aliphatic heterocycles. The summed E-state index contributed by atoms with van der Waals surface area (Å²) >= 11 is 0. The third-order valence-electron chi connectivity index (χ3n) is 2.97. The van der Waals surface area contributed by atoms with Crippen LogP contribution in [0.25, 0.3) is 0 Å². The van der Waals surface area contributed by atoms with Gasteiger partial charge in [0.25, 0.3) is 0 Å². The van der Waals surface area contributed by atoms with E-state index in [9.17, 15) is 8.42 Å². The van der Waals surface area contributed by atoms with Crippen LogP contribution in [0.5, 0.6) is 5.75 Å². The van der Waals surface area contributed by atoms with Gasteiger partial charge in [-0.1, -0.05) is 18.2 Å². The largest absolute Gasteiger partial charge is 0.496 e. The molecular formula is C15H26N4O3S. The van der Waals surface area contributed by atoms with Crippen LogP contribution >= 0.6 is 0 Å². The number of benzene rings is 1. The second-order valence-corrected chi connectivity index (χ2v) is 6.75. The van der Waals surface area contributed by atoms with Gasteiger partial charge in [-0.05, 0) is 25.0 Å². The summed E-state index contributed by atoms with van der Waals surface area (Å²) < 4.78 is 29.7. The predicted octanol–water partition coefficient (Wildman–Crippen LogP) is 0.342. The van der Waals surface area contributed by atoms with Crippen molar-refractivity contribution < 1.29 is 13.2 Å². The molecule has 130 valence electrons. The minimum absolute atomic E-state index is 0.280. The molecule has 23 heavy (non-hydrogen) atoms. The van der Waals surface area contributed by atoms with Crippen molar-refractivity contribution in [1.29, 1.82) is 0 Å². The van der Waals surface area contributed by atoms with E-state index in [1.165, 1.54) is 0 Å². The van der Waals surface area contributed by atoms with Crippen LogP contribution < -0.4 is 20.1 Å².